The Morgan fingerprint density at radius 1 is 0.917 bits per heavy atom. The van der Waals surface area contributed by atoms with Crippen LogP contribution in [-0.2, 0) is 5.54 Å². The van der Waals surface area contributed by atoms with Crippen molar-refractivity contribution in [1.82, 2.24) is 15.6 Å². The number of nitrogens with zero attached hydrogens (tertiary/aromatic N) is 1. The predicted molar refractivity (Wildman–Crippen MR) is 101 cm³/mol. The van der Waals surface area contributed by atoms with Crippen molar-refractivity contribution in [3.8, 4) is 0 Å². The summed E-state index contributed by atoms with van der Waals surface area (Å²) < 4.78 is 0. The Morgan fingerprint density at radius 2 is 1.54 bits per heavy atom. The molecule has 0 radical (unpaired) electrons. The third kappa shape index (κ3) is 2.21. The van der Waals surface area contributed by atoms with Crippen molar-refractivity contribution in [3.63, 3.8) is 0 Å². The Hall–Kier alpha value is -2.65. The van der Waals surface area contributed by atoms with Crippen molar-refractivity contribution in [2.75, 3.05) is 14.1 Å². The third-order valence-corrected chi connectivity index (χ3v) is 4.95. The summed E-state index contributed by atoms with van der Waals surface area (Å²) in [5.74, 6) is 0. The molecule has 0 spiro atoms. The van der Waals surface area contributed by atoms with E-state index in [-0.39, 0.29) is 5.54 Å². The summed E-state index contributed by atoms with van der Waals surface area (Å²) >= 11 is 0. The van der Waals surface area contributed by atoms with Crippen LogP contribution < -0.4 is 10.6 Å². The van der Waals surface area contributed by atoms with Gasteiger partial charge in [0, 0.05) is 29.9 Å². The molecular formula is C21H21N3. The maximum Gasteiger partial charge on any atom is 0.0713 e. The second-order valence-electron chi connectivity index (χ2n) is 6.22. The maximum absolute atomic E-state index is 4.86. The Kier molecular flexibility index (Phi) is 3.58. The van der Waals surface area contributed by atoms with Crippen LogP contribution in [0.1, 0.15) is 12.0 Å². The molecule has 1 aliphatic carbocycles. The van der Waals surface area contributed by atoms with E-state index in [1.165, 1.54) is 22.0 Å². The first-order valence-corrected chi connectivity index (χ1v) is 8.30. The molecule has 0 amide bonds. The number of likely N-dealkylation sites (N-methyl/N-ethyl adjacent to an activating group) is 1. The lowest BCUT2D eigenvalue weighted by molar-refractivity contribution is 0.444. The minimum atomic E-state index is -0.255. The molecule has 0 saturated carbocycles. The summed E-state index contributed by atoms with van der Waals surface area (Å²) in [6.07, 6.45) is 7.42. The van der Waals surface area contributed by atoms with Crippen molar-refractivity contribution in [3.05, 3.63) is 78.0 Å². The van der Waals surface area contributed by atoms with Crippen molar-refractivity contribution < 1.29 is 0 Å². The van der Waals surface area contributed by atoms with Crippen molar-refractivity contribution in [2.24, 2.45) is 0 Å². The average Bonchev–Trinajstić information content (AvgIpc) is 2.66. The second-order valence-corrected chi connectivity index (χ2v) is 6.22. The van der Waals surface area contributed by atoms with E-state index in [9.17, 15) is 0 Å². The first-order chi connectivity index (χ1) is 11.8. The number of rotatable bonds is 3. The van der Waals surface area contributed by atoms with Crippen molar-refractivity contribution in [1.29, 1.82) is 0 Å². The molecule has 0 saturated heterocycles. The number of nitrogens with one attached hydrogen (secondary N) is 2. The van der Waals surface area contributed by atoms with E-state index in [4.69, 9.17) is 4.98 Å². The molecule has 1 heterocycles. The summed E-state index contributed by atoms with van der Waals surface area (Å²) in [5, 5.41) is 9.30. The highest BCUT2D eigenvalue weighted by Gasteiger charge is 2.33. The van der Waals surface area contributed by atoms with Crippen LogP contribution in [0, 0.1) is 0 Å². The summed E-state index contributed by atoms with van der Waals surface area (Å²) in [6, 6.07) is 16.8. The molecule has 0 bridgehead atoms. The van der Waals surface area contributed by atoms with Crippen molar-refractivity contribution >= 4 is 21.8 Å². The van der Waals surface area contributed by atoms with Gasteiger partial charge in [0.15, 0.2) is 0 Å². The largest absolute Gasteiger partial charge is 0.391 e. The van der Waals surface area contributed by atoms with Gasteiger partial charge in [-0.1, -0.05) is 48.6 Å². The summed E-state index contributed by atoms with van der Waals surface area (Å²) in [6.45, 7) is 0. The fourth-order valence-corrected chi connectivity index (χ4v) is 3.71. The van der Waals surface area contributed by atoms with Gasteiger partial charge in [-0.3, -0.25) is 0 Å². The zero-order valence-electron chi connectivity index (χ0n) is 14.0. The first-order valence-electron chi connectivity index (χ1n) is 8.30. The Balaban J connectivity index is 2.10. The van der Waals surface area contributed by atoms with Crippen LogP contribution in [0.2, 0.25) is 0 Å². The van der Waals surface area contributed by atoms with E-state index in [0.717, 1.165) is 17.5 Å². The molecule has 3 aromatic rings. The van der Waals surface area contributed by atoms with Crippen LogP contribution in [0.5, 0.6) is 0 Å². The van der Waals surface area contributed by atoms with E-state index in [1.54, 1.807) is 0 Å². The van der Waals surface area contributed by atoms with Gasteiger partial charge in [-0.05, 0) is 30.8 Å². The van der Waals surface area contributed by atoms with E-state index < -0.39 is 0 Å². The number of para-hydroxylation sites is 2. The Labute approximate surface area is 142 Å². The number of pyridine rings is 1. The van der Waals surface area contributed by atoms with Gasteiger partial charge in [-0.2, -0.15) is 0 Å². The SMILES string of the molecule is CNC1=CC=CC(NC)(c2c3ccccc3nc3ccccc23)C1. The van der Waals surface area contributed by atoms with Crippen LogP contribution in [0.15, 0.2) is 72.5 Å². The lowest BCUT2D eigenvalue weighted by atomic mass is 9.79. The summed E-state index contributed by atoms with van der Waals surface area (Å²) in [5.41, 5.74) is 4.33. The van der Waals surface area contributed by atoms with E-state index >= 15 is 0 Å². The average molecular weight is 315 g/mol. The molecule has 3 heteroatoms. The molecule has 3 nitrogen and oxygen atoms in total. The highest BCUT2D eigenvalue weighted by Crippen LogP contribution is 2.40. The molecular weight excluding hydrogens is 294 g/mol. The summed E-state index contributed by atoms with van der Waals surface area (Å²) in [7, 11) is 4.01. The van der Waals surface area contributed by atoms with Gasteiger partial charge in [0.2, 0.25) is 0 Å². The third-order valence-electron chi connectivity index (χ3n) is 4.95. The lowest BCUT2D eigenvalue weighted by Crippen LogP contribution is -2.41. The minimum absolute atomic E-state index is 0.255. The fourth-order valence-electron chi connectivity index (χ4n) is 3.71. The monoisotopic (exact) mass is 315 g/mol. The lowest BCUT2D eigenvalue weighted by Gasteiger charge is -2.36. The number of aromatic nitrogens is 1. The standard InChI is InChI=1S/C21H21N3/c1-22-15-8-7-13-21(14-15,23-2)20-16-9-3-5-11-18(16)24-19-12-6-4-10-17(19)20/h3-13,22-23H,14H2,1-2H3. The zero-order valence-corrected chi connectivity index (χ0v) is 14.0. The molecule has 1 aliphatic rings. The number of fused-ring (bicyclic) bond motifs is 2. The molecule has 2 aromatic carbocycles. The maximum atomic E-state index is 4.86. The quantitative estimate of drug-likeness (QED) is 0.721. The molecule has 1 atom stereocenters. The first kappa shape index (κ1) is 14.9. The summed E-state index contributed by atoms with van der Waals surface area (Å²) in [4.78, 5) is 4.86. The van der Waals surface area contributed by atoms with Gasteiger partial charge in [0.25, 0.3) is 0 Å². The van der Waals surface area contributed by atoms with Gasteiger partial charge < -0.3 is 10.6 Å². The zero-order chi connectivity index (χ0) is 16.6. The second kappa shape index (κ2) is 5.77. The number of benzene rings is 2. The normalized spacial score (nSPS) is 20.3. The Morgan fingerprint density at radius 3 is 2.12 bits per heavy atom. The van der Waals surface area contributed by atoms with Gasteiger partial charge >= 0.3 is 0 Å². The van der Waals surface area contributed by atoms with Gasteiger partial charge in [-0.25, -0.2) is 4.98 Å². The molecule has 0 aliphatic heterocycles. The molecule has 24 heavy (non-hydrogen) atoms. The smallest absolute Gasteiger partial charge is 0.0713 e. The van der Waals surface area contributed by atoms with E-state index in [2.05, 4.69) is 77.4 Å². The highest BCUT2D eigenvalue weighted by molar-refractivity contribution is 5.98. The van der Waals surface area contributed by atoms with E-state index in [0.29, 0.717) is 0 Å². The molecule has 2 N–H and O–H groups in total. The number of hydrogen-bond donors (Lipinski definition) is 2. The van der Waals surface area contributed by atoms with E-state index in [1.807, 2.05) is 14.1 Å². The Bertz CT molecular complexity index is 917. The van der Waals surface area contributed by atoms with Crippen LogP contribution in [0.25, 0.3) is 21.8 Å². The van der Waals surface area contributed by atoms with Gasteiger partial charge in [-0.15, -0.1) is 0 Å². The molecule has 1 unspecified atom stereocenters. The molecule has 1 aromatic heterocycles. The molecule has 4 rings (SSSR count). The topological polar surface area (TPSA) is 37.0 Å². The van der Waals surface area contributed by atoms with Crippen LogP contribution in [0.4, 0.5) is 0 Å². The minimum Gasteiger partial charge on any atom is -0.391 e. The molecule has 0 fully saturated rings. The number of hydrogen-bond acceptors (Lipinski definition) is 3. The fraction of sp³-hybridized carbons (Fsp3) is 0.190. The van der Waals surface area contributed by atoms with Crippen LogP contribution >= 0.6 is 0 Å². The van der Waals surface area contributed by atoms with Crippen molar-refractivity contribution in [2.45, 2.75) is 12.0 Å². The van der Waals surface area contributed by atoms with Crippen LogP contribution in [0.3, 0.4) is 0 Å². The number of allylic oxidation sites excluding steroid dienone is 2. The van der Waals surface area contributed by atoms with Crippen LogP contribution in [-0.4, -0.2) is 19.1 Å². The molecule has 120 valence electrons. The van der Waals surface area contributed by atoms with Gasteiger partial charge in [0.1, 0.15) is 0 Å². The predicted octanol–water partition coefficient (Wildman–Crippen LogP) is 3.87. The highest BCUT2D eigenvalue weighted by atomic mass is 15.0. The van der Waals surface area contributed by atoms with Gasteiger partial charge in [0.05, 0.1) is 16.6 Å².